The molecule has 0 aliphatic rings. The zero-order valence-electron chi connectivity index (χ0n) is 11.5. The van der Waals surface area contributed by atoms with E-state index in [-0.39, 0.29) is 12.0 Å². The zero-order valence-corrected chi connectivity index (χ0v) is 11.5. The van der Waals surface area contributed by atoms with Crippen LogP contribution in [-0.2, 0) is 0 Å². The van der Waals surface area contributed by atoms with E-state index in [2.05, 4.69) is 13.8 Å². The first-order valence-corrected chi connectivity index (χ1v) is 6.72. The Labute approximate surface area is 108 Å². The van der Waals surface area contributed by atoms with Gasteiger partial charge >= 0.3 is 0 Å². The average Bonchev–Trinajstić information content (AvgIpc) is 2.33. The highest BCUT2D eigenvalue weighted by Gasteiger charge is 2.22. The summed E-state index contributed by atoms with van der Waals surface area (Å²) >= 11 is 0. The van der Waals surface area contributed by atoms with Gasteiger partial charge in [0.05, 0.1) is 0 Å². The lowest BCUT2D eigenvalue weighted by Gasteiger charge is -2.24. The van der Waals surface area contributed by atoms with Crippen molar-refractivity contribution in [3.8, 4) is 0 Å². The molecule has 1 rings (SSSR count). The van der Waals surface area contributed by atoms with Crippen molar-refractivity contribution in [2.45, 2.75) is 52.5 Å². The number of benzene rings is 1. The van der Waals surface area contributed by atoms with E-state index in [0.29, 0.717) is 11.1 Å². The molecule has 0 radical (unpaired) electrons. The number of nitrogens with two attached hydrogens (primary N) is 1. The fourth-order valence-electron chi connectivity index (χ4n) is 2.43. The summed E-state index contributed by atoms with van der Waals surface area (Å²) < 4.78 is 27.0. The highest BCUT2D eigenvalue weighted by Crippen LogP contribution is 2.30. The van der Waals surface area contributed by atoms with E-state index >= 15 is 0 Å². The Morgan fingerprint density at radius 3 is 2.11 bits per heavy atom. The molecule has 0 bridgehead atoms. The van der Waals surface area contributed by atoms with Crippen molar-refractivity contribution in [2.75, 3.05) is 0 Å². The quantitative estimate of drug-likeness (QED) is 0.796. The molecule has 0 amide bonds. The Bertz CT molecular complexity index is 384. The van der Waals surface area contributed by atoms with Gasteiger partial charge in [-0.05, 0) is 37.3 Å². The third-order valence-electron chi connectivity index (χ3n) is 3.46. The van der Waals surface area contributed by atoms with Crippen LogP contribution in [0.3, 0.4) is 0 Å². The van der Waals surface area contributed by atoms with Gasteiger partial charge in [0.25, 0.3) is 0 Å². The van der Waals surface area contributed by atoms with Gasteiger partial charge in [-0.1, -0.05) is 26.7 Å². The van der Waals surface area contributed by atoms with Gasteiger partial charge in [-0.25, -0.2) is 8.78 Å². The second-order valence-corrected chi connectivity index (χ2v) is 4.99. The monoisotopic (exact) mass is 255 g/mol. The third-order valence-corrected chi connectivity index (χ3v) is 3.46. The van der Waals surface area contributed by atoms with Gasteiger partial charge < -0.3 is 5.73 Å². The normalized spacial score (nSPS) is 13.1. The van der Waals surface area contributed by atoms with Crippen LogP contribution in [0.25, 0.3) is 0 Å². The molecule has 18 heavy (non-hydrogen) atoms. The SMILES string of the molecule is CCCC(CCC)C(N)c1cc(C)c(F)cc1F. The van der Waals surface area contributed by atoms with Crippen LogP contribution in [0, 0.1) is 24.5 Å². The van der Waals surface area contributed by atoms with E-state index in [1.165, 1.54) is 0 Å². The predicted octanol–water partition coefficient (Wildman–Crippen LogP) is 4.49. The molecule has 1 aromatic rings. The standard InChI is InChI=1S/C15H23F2N/c1-4-6-11(7-5-2)15(18)12-8-10(3)13(16)9-14(12)17/h8-9,11,15H,4-7,18H2,1-3H3. The van der Waals surface area contributed by atoms with Crippen molar-refractivity contribution in [3.63, 3.8) is 0 Å². The largest absolute Gasteiger partial charge is 0.324 e. The topological polar surface area (TPSA) is 26.0 Å². The van der Waals surface area contributed by atoms with Crippen molar-refractivity contribution in [1.82, 2.24) is 0 Å². The summed E-state index contributed by atoms with van der Waals surface area (Å²) in [5.74, 6) is -0.770. The minimum absolute atomic E-state index is 0.263. The first-order chi connectivity index (χ1) is 8.51. The Kier molecular flexibility index (Phi) is 5.73. The molecule has 0 spiro atoms. The van der Waals surface area contributed by atoms with Crippen LogP contribution in [0.5, 0.6) is 0 Å². The number of hydrogen-bond donors (Lipinski definition) is 1. The zero-order chi connectivity index (χ0) is 13.7. The van der Waals surface area contributed by atoms with Crippen LogP contribution in [0.2, 0.25) is 0 Å². The maximum absolute atomic E-state index is 13.8. The van der Waals surface area contributed by atoms with E-state index in [0.717, 1.165) is 31.7 Å². The van der Waals surface area contributed by atoms with Crippen LogP contribution in [0.4, 0.5) is 8.78 Å². The summed E-state index contributed by atoms with van der Waals surface area (Å²) in [5.41, 5.74) is 7.07. The van der Waals surface area contributed by atoms with Crippen LogP contribution >= 0.6 is 0 Å². The second kappa shape index (κ2) is 6.83. The molecule has 0 heterocycles. The van der Waals surface area contributed by atoms with Gasteiger partial charge in [-0.3, -0.25) is 0 Å². The highest BCUT2D eigenvalue weighted by molar-refractivity contribution is 5.28. The average molecular weight is 255 g/mol. The molecule has 0 aliphatic heterocycles. The molecule has 0 aliphatic carbocycles. The summed E-state index contributed by atoms with van der Waals surface area (Å²) in [6.45, 7) is 5.84. The molecule has 1 aromatic carbocycles. The van der Waals surface area contributed by atoms with Gasteiger partial charge in [0.2, 0.25) is 0 Å². The second-order valence-electron chi connectivity index (χ2n) is 4.99. The van der Waals surface area contributed by atoms with Crippen molar-refractivity contribution < 1.29 is 8.78 Å². The van der Waals surface area contributed by atoms with Crippen molar-refractivity contribution >= 4 is 0 Å². The van der Waals surface area contributed by atoms with Crippen molar-refractivity contribution in [1.29, 1.82) is 0 Å². The maximum atomic E-state index is 13.8. The molecule has 0 aromatic heterocycles. The van der Waals surface area contributed by atoms with E-state index in [9.17, 15) is 8.78 Å². The fourth-order valence-corrected chi connectivity index (χ4v) is 2.43. The van der Waals surface area contributed by atoms with Crippen LogP contribution in [0.15, 0.2) is 12.1 Å². The molecule has 1 unspecified atom stereocenters. The molecular formula is C15H23F2N. The fraction of sp³-hybridized carbons (Fsp3) is 0.600. The minimum Gasteiger partial charge on any atom is -0.324 e. The number of halogens is 2. The van der Waals surface area contributed by atoms with E-state index in [1.54, 1.807) is 13.0 Å². The van der Waals surface area contributed by atoms with Crippen molar-refractivity contribution in [2.24, 2.45) is 11.7 Å². The summed E-state index contributed by atoms with van der Waals surface area (Å²) in [5, 5.41) is 0. The molecule has 102 valence electrons. The molecule has 0 saturated carbocycles. The Balaban J connectivity index is 3.00. The van der Waals surface area contributed by atoms with Crippen LogP contribution < -0.4 is 5.73 Å². The summed E-state index contributed by atoms with van der Waals surface area (Å²) in [6, 6.07) is 2.15. The number of aryl methyl sites for hydroxylation is 1. The van der Waals surface area contributed by atoms with E-state index in [1.807, 2.05) is 0 Å². The Morgan fingerprint density at radius 2 is 1.61 bits per heavy atom. The molecular weight excluding hydrogens is 232 g/mol. The Morgan fingerprint density at radius 1 is 1.06 bits per heavy atom. The van der Waals surface area contributed by atoms with Crippen molar-refractivity contribution in [3.05, 3.63) is 34.9 Å². The van der Waals surface area contributed by atoms with Gasteiger partial charge in [-0.2, -0.15) is 0 Å². The maximum Gasteiger partial charge on any atom is 0.130 e. The van der Waals surface area contributed by atoms with Gasteiger partial charge in [-0.15, -0.1) is 0 Å². The molecule has 1 atom stereocenters. The number of hydrogen-bond acceptors (Lipinski definition) is 1. The Hall–Kier alpha value is -0.960. The van der Waals surface area contributed by atoms with Gasteiger partial charge in [0.15, 0.2) is 0 Å². The predicted molar refractivity (Wildman–Crippen MR) is 71.3 cm³/mol. The molecule has 0 fully saturated rings. The number of rotatable bonds is 6. The van der Waals surface area contributed by atoms with Crippen LogP contribution in [-0.4, -0.2) is 0 Å². The summed E-state index contributed by atoms with van der Waals surface area (Å²) in [6.07, 6.45) is 4.01. The molecule has 1 nitrogen and oxygen atoms in total. The summed E-state index contributed by atoms with van der Waals surface area (Å²) in [4.78, 5) is 0. The van der Waals surface area contributed by atoms with E-state index < -0.39 is 11.6 Å². The first kappa shape index (κ1) is 15.1. The summed E-state index contributed by atoms with van der Waals surface area (Å²) in [7, 11) is 0. The smallest absolute Gasteiger partial charge is 0.130 e. The van der Waals surface area contributed by atoms with Crippen LogP contribution in [0.1, 0.15) is 56.7 Å². The lowest BCUT2D eigenvalue weighted by atomic mass is 9.86. The molecule has 2 N–H and O–H groups in total. The lowest BCUT2D eigenvalue weighted by Crippen LogP contribution is -2.23. The first-order valence-electron chi connectivity index (χ1n) is 6.72. The van der Waals surface area contributed by atoms with Gasteiger partial charge in [0, 0.05) is 17.7 Å². The molecule has 3 heteroatoms. The minimum atomic E-state index is -0.525. The third kappa shape index (κ3) is 3.52. The van der Waals surface area contributed by atoms with Gasteiger partial charge in [0.1, 0.15) is 11.6 Å². The highest BCUT2D eigenvalue weighted by atomic mass is 19.1. The molecule has 0 saturated heterocycles. The lowest BCUT2D eigenvalue weighted by molar-refractivity contribution is 0.359. The van der Waals surface area contributed by atoms with E-state index in [4.69, 9.17) is 5.73 Å².